The van der Waals surface area contributed by atoms with Crippen LogP contribution in [0.2, 0.25) is 5.02 Å². The Balaban J connectivity index is 1.24. The van der Waals surface area contributed by atoms with E-state index in [1.807, 2.05) is 37.4 Å². The summed E-state index contributed by atoms with van der Waals surface area (Å²) in [5.74, 6) is -0.312. The van der Waals surface area contributed by atoms with Gasteiger partial charge in [0.25, 0.3) is 6.01 Å². The van der Waals surface area contributed by atoms with Crippen LogP contribution in [0.5, 0.6) is 6.01 Å². The van der Waals surface area contributed by atoms with E-state index in [-0.39, 0.29) is 18.3 Å². The molecule has 0 bridgehead atoms. The molecular formula is C28H29ClN4O4. The molecule has 3 N–H and O–H groups in total. The fourth-order valence-electron chi connectivity index (χ4n) is 4.63. The lowest BCUT2D eigenvalue weighted by Gasteiger charge is -2.35. The van der Waals surface area contributed by atoms with Crippen LogP contribution in [0.3, 0.4) is 0 Å². The van der Waals surface area contributed by atoms with E-state index in [0.717, 1.165) is 48.0 Å². The van der Waals surface area contributed by atoms with Crippen LogP contribution in [0, 0.1) is 5.92 Å². The number of hydrogen-bond acceptors (Lipinski definition) is 6. The van der Waals surface area contributed by atoms with Gasteiger partial charge >= 0.3 is 5.97 Å². The highest BCUT2D eigenvalue weighted by Gasteiger charge is 2.31. The average molecular weight is 521 g/mol. The lowest BCUT2D eigenvalue weighted by Crippen LogP contribution is -2.36. The zero-order valence-electron chi connectivity index (χ0n) is 20.5. The molecule has 1 fully saturated rings. The van der Waals surface area contributed by atoms with Gasteiger partial charge in [0.2, 0.25) is 0 Å². The molecule has 0 spiro atoms. The van der Waals surface area contributed by atoms with Crippen LogP contribution in [0.25, 0.3) is 33.5 Å². The van der Waals surface area contributed by atoms with Crippen LogP contribution in [-0.4, -0.2) is 68.9 Å². The summed E-state index contributed by atoms with van der Waals surface area (Å²) in [6, 6.07) is 16.8. The van der Waals surface area contributed by atoms with Crippen molar-refractivity contribution in [3.8, 4) is 28.4 Å². The van der Waals surface area contributed by atoms with Gasteiger partial charge in [-0.1, -0.05) is 48.0 Å². The summed E-state index contributed by atoms with van der Waals surface area (Å²) < 4.78 is 6.05. The summed E-state index contributed by atoms with van der Waals surface area (Å²) in [6.07, 6.45) is 3.23. The number of aromatic nitrogens is 3. The van der Waals surface area contributed by atoms with E-state index in [2.05, 4.69) is 19.9 Å². The number of carboxylic acid groups (broad SMARTS) is 1. The predicted octanol–water partition coefficient (Wildman–Crippen LogP) is 5.12. The standard InChI is InChI=1S/C28H29ClN4O4/c1-33(12-13-34)11-10-17-14-22(15-17)37-28-30-24-16-23(29)25(31-26(24)32-28)20-6-2-18(3-7-20)19-4-8-21(9-5-19)27(35)36/h2-9,16-17,22,34H,10-15H2,1H3,(H,35,36)(H,30,31,32)/t17-,22+. The zero-order chi connectivity index (χ0) is 25.9. The maximum absolute atomic E-state index is 11.1. The Labute approximate surface area is 219 Å². The van der Waals surface area contributed by atoms with Crippen molar-refractivity contribution < 1.29 is 19.7 Å². The van der Waals surface area contributed by atoms with E-state index in [9.17, 15) is 4.79 Å². The summed E-state index contributed by atoms with van der Waals surface area (Å²) >= 11 is 6.57. The molecule has 0 saturated heterocycles. The molecule has 2 aromatic heterocycles. The number of ether oxygens (including phenoxy) is 1. The maximum atomic E-state index is 11.1. The second-order valence-electron chi connectivity index (χ2n) is 9.58. The first-order valence-electron chi connectivity index (χ1n) is 12.4. The number of H-pyrrole nitrogens is 1. The van der Waals surface area contributed by atoms with Gasteiger partial charge < -0.3 is 24.8 Å². The number of nitrogens with zero attached hydrogens (tertiary/aromatic N) is 3. The number of halogens is 1. The van der Waals surface area contributed by atoms with Crippen molar-refractivity contribution in [3.63, 3.8) is 0 Å². The number of aromatic amines is 1. The molecule has 192 valence electrons. The van der Waals surface area contributed by atoms with E-state index in [1.165, 1.54) is 0 Å². The number of aliphatic hydroxyl groups is 1. The second kappa shape index (κ2) is 10.9. The van der Waals surface area contributed by atoms with Crippen LogP contribution in [0.4, 0.5) is 0 Å². The first-order valence-corrected chi connectivity index (χ1v) is 12.7. The van der Waals surface area contributed by atoms with Crippen molar-refractivity contribution >= 4 is 28.7 Å². The van der Waals surface area contributed by atoms with Crippen molar-refractivity contribution in [2.75, 3.05) is 26.7 Å². The Hall–Kier alpha value is -3.46. The Morgan fingerprint density at radius 3 is 2.35 bits per heavy atom. The van der Waals surface area contributed by atoms with Crippen molar-refractivity contribution in [2.45, 2.75) is 25.4 Å². The highest BCUT2D eigenvalue weighted by Crippen LogP contribution is 2.35. The number of pyridine rings is 1. The van der Waals surface area contributed by atoms with Gasteiger partial charge in [-0.2, -0.15) is 4.98 Å². The number of rotatable bonds is 10. The Morgan fingerprint density at radius 1 is 1.05 bits per heavy atom. The number of aliphatic hydroxyl groups excluding tert-OH is 1. The summed E-state index contributed by atoms with van der Waals surface area (Å²) in [4.78, 5) is 25.6. The molecule has 0 atom stereocenters. The highest BCUT2D eigenvalue weighted by atomic mass is 35.5. The number of likely N-dealkylation sites (N-methyl/N-ethyl adjacent to an activating group) is 1. The van der Waals surface area contributed by atoms with Gasteiger partial charge in [0.15, 0.2) is 5.65 Å². The van der Waals surface area contributed by atoms with Gasteiger partial charge in [0.05, 0.1) is 28.4 Å². The van der Waals surface area contributed by atoms with Crippen molar-refractivity contribution in [1.82, 2.24) is 19.9 Å². The molecule has 8 nitrogen and oxygen atoms in total. The van der Waals surface area contributed by atoms with Crippen LogP contribution in [0.15, 0.2) is 54.6 Å². The third-order valence-corrected chi connectivity index (χ3v) is 7.19. The lowest BCUT2D eigenvalue weighted by atomic mass is 9.80. The van der Waals surface area contributed by atoms with E-state index < -0.39 is 5.97 Å². The second-order valence-corrected chi connectivity index (χ2v) is 9.99. The topological polar surface area (TPSA) is 112 Å². The fraction of sp³-hybridized carbons (Fsp3) is 0.321. The Morgan fingerprint density at radius 2 is 1.70 bits per heavy atom. The molecular weight excluding hydrogens is 492 g/mol. The third kappa shape index (κ3) is 5.77. The Bertz CT molecular complexity index is 1380. The minimum Gasteiger partial charge on any atom is -0.478 e. The molecule has 5 rings (SSSR count). The van der Waals surface area contributed by atoms with Gasteiger partial charge in [-0.05, 0) is 68.1 Å². The number of hydrogen-bond donors (Lipinski definition) is 3. The molecule has 0 aliphatic heterocycles. The first-order chi connectivity index (χ1) is 17.9. The molecule has 1 saturated carbocycles. The molecule has 37 heavy (non-hydrogen) atoms. The molecule has 0 radical (unpaired) electrons. The largest absolute Gasteiger partial charge is 0.478 e. The van der Waals surface area contributed by atoms with Gasteiger partial charge in [0, 0.05) is 12.1 Å². The SMILES string of the molecule is CN(CCO)CC[C@H]1C[C@@H](Oc2nc3nc(-c4ccc(-c5ccc(C(=O)O)cc5)cc4)c(Cl)cc3[nH]2)C1. The molecule has 0 unspecified atom stereocenters. The molecule has 4 aromatic rings. The molecule has 1 aliphatic rings. The minimum atomic E-state index is -0.944. The lowest BCUT2D eigenvalue weighted by molar-refractivity contribution is 0.0484. The first kappa shape index (κ1) is 25.2. The van der Waals surface area contributed by atoms with Crippen LogP contribution >= 0.6 is 11.6 Å². The predicted molar refractivity (Wildman–Crippen MR) is 143 cm³/mol. The molecule has 9 heteroatoms. The molecule has 0 amide bonds. The molecule has 2 aromatic carbocycles. The van der Waals surface area contributed by atoms with Crippen molar-refractivity contribution in [1.29, 1.82) is 0 Å². The zero-order valence-corrected chi connectivity index (χ0v) is 21.3. The van der Waals surface area contributed by atoms with Crippen molar-refractivity contribution in [2.24, 2.45) is 5.92 Å². The quantitative estimate of drug-likeness (QED) is 0.266. The fourth-order valence-corrected chi connectivity index (χ4v) is 4.89. The maximum Gasteiger partial charge on any atom is 0.335 e. The van der Waals surface area contributed by atoms with E-state index in [0.29, 0.717) is 34.8 Å². The number of imidazole rings is 1. The van der Waals surface area contributed by atoms with Gasteiger partial charge in [-0.25, -0.2) is 9.78 Å². The monoisotopic (exact) mass is 520 g/mol. The van der Waals surface area contributed by atoms with Crippen LogP contribution in [0.1, 0.15) is 29.6 Å². The van der Waals surface area contributed by atoms with Crippen LogP contribution < -0.4 is 4.74 Å². The summed E-state index contributed by atoms with van der Waals surface area (Å²) in [6.45, 7) is 1.87. The van der Waals surface area contributed by atoms with E-state index in [4.69, 9.17) is 26.6 Å². The Kier molecular flexibility index (Phi) is 7.41. The summed E-state index contributed by atoms with van der Waals surface area (Å²) in [7, 11) is 2.03. The summed E-state index contributed by atoms with van der Waals surface area (Å²) in [5.41, 5.74) is 4.91. The highest BCUT2D eigenvalue weighted by molar-refractivity contribution is 6.33. The van der Waals surface area contributed by atoms with Crippen molar-refractivity contribution in [3.05, 3.63) is 65.2 Å². The van der Waals surface area contributed by atoms with Gasteiger partial charge in [0.1, 0.15) is 6.10 Å². The molecule has 2 heterocycles. The number of benzene rings is 2. The number of aromatic carboxylic acids is 1. The number of nitrogens with one attached hydrogen (secondary N) is 1. The normalized spacial score (nSPS) is 17.2. The van der Waals surface area contributed by atoms with Gasteiger partial charge in [-0.15, -0.1) is 0 Å². The number of carboxylic acids is 1. The minimum absolute atomic E-state index is 0.140. The number of carbonyl (C=O) groups is 1. The van der Waals surface area contributed by atoms with E-state index in [1.54, 1.807) is 24.3 Å². The van der Waals surface area contributed by atoms with E-state index >= 15 is 0 Å². The third-order valence-electron chi connectivity index (χ3n) is 6.90. The summed E-state index contributed by atoms with van der Waals surface area (Å²) in [5, 5.41) is 18.6. The van der Waals surface area contributed by atoms with Crippen LogP contribution in [-0.2, 0) is 0 Å². The molecule has 1 aliphatic carbocycles. The average Bonchev–Trinajstić information content (AvgIpc) is 3.26. The van der Waals surface area contributed by atoms with Gasteiger partial charge in [-0.3, -0.25) is 0 Å². The smallest absolute Gasteiger partial charge is 0.335 e. The number of fused-ring (bicyclic) bond motifs is 1.